The summed E-state index contributed by atoms with van der Waals surface area (Å²) in [5.74, 6) is 0. The fourth-order valence-electron chi connectivity index (χ4n) is 2.60. The molecule has 0 saturated heterocycles. The zero-order valence-corrected chi connectivity index (χ0v) is 11.1. The molecule has 1 saturated carbocycles. The van der Waals surface area contributed by atoms with E-state index in [0.717, 1.165) is 30.6 Å². The minimum absolute atomic E-state index is 0.302. The maximum absolute atomic E-state index is 12.9. The third-order valence-electron chi connectivity index (χ3n) is 3.73. The minimum atomic E-state index is -4.30. The number of nitrogens with one attached hydrogen (secondary N) is 1. The van der Waals surface area contributed by atoms with Gasteiger partial charge in [-0.3, -0.25) is 0 Å². The van der Waals surface area contributed by atoms with Gasteiger partial charge in [0.15, 0.2) is 0 Å². The van der Waals surface area contributed by atoms with E-state index >= 15 is 0 Å². The van der Waals surface area contributed by atoms with E-state index in [9.17, 15) is 13.2 Å². The Labute approximate surface area is 108 Å². The molecular weight excluding hydrogens is 263 g/mol. The van der Waals surface area contributed by atoms with Crippen LogP contribution >= 0.6 is 11.3 Å². The van der Waals surface area contributed by atoms with E-state index in [2.05, 4.69) is 5.32 Å². The van der Waals surface area contributed by atoms with Crippen LogP contribution in [-0.4, -0.2) is 19.8 Å². The Morgan fingerprint density at radius 1 is 1.39 bits per heavy atom. The number of thiophene rings is 1. The normalized spacial score (nSPS) is 20.5. The number of alkyl halides is 3. The lowest BCUT2D eigenvalue weighted by Gasteiger charge is -2.46. The zero-order chi connectivity index (χ0) is 13.4. The molecule has 0 radical (unpaired) electrons. The summed E-state index contributed by atoms with van der Waals surface area (Å²) in [6, 6.07) is -0.404. The topological polar surface area (TPSA) is 21.3 Å². The van der Waals surface area contributed by atoms with Crippen molar-refractivity contribution in [1.82, 2.24) is 5.32 Å². The number of methoxy groups -OCH3 is 1. The van der Waals surface area contributed by atoms with E-state index in [4.69, 9.17) is 4.74 Å². The molecule has 1 N–H and O–H groups in total. The van der Waals surface area contributed by atoms with Gasteiger partial charge < -0.3 is 10.1 Å². The first-order chi connectivity index (χ1) is 8.44. The highest BCUT2D eigenvalue weighted by Gasteiger charge is 2.47. The Hall–Kier alpha value is -0.590. The lowest BCUT2D eigenvalue weighted by molar-refractivity contribution is -0.140. The maximum atomic E-state index is 12.9. The first kappa shape index (κ1) is 13.8. The van der Waals surface area contributed by atoms with Crippen LogP contribution in [0.2, 0.25) is 0 Å². The van der Waals surface area contributed by atoms with Crippen molar-refractivity contribution in [3.63, 3.8) is 0 Å². The van der Waals surface area contributed by atoms with Crippen LogP contribution in [0.1, 0.15) is 36.4 Å². The van der Waals surface area contributed by atoms with Crippen LogP contribution in [0.25, 0.3) is 0 Å². The molecule has 102 valence electrons. The first-order valence-electron chi connectivity index (χ1n) is 5.80. The van der Waals surface area contributed by atoms with Gasteiger partial charge in [-0.2, -0.15) is 24.5 Å². The summed E-state index contributed by atoms with van der Waals surface area (Å²) in [4.78, 5) is 0. The van der Waals surface area contributed by atoms with Crippen molar-refractivity contribution < 1.29 is 17.9 Å². The largest absolute Gasteiger partial charge is 0.417 e. The Bertz CT molecular complexity index is 406. The molecule has 1 fully saturated rings. The number of rotatable bonds is 4. The predicted octanol–water partition coefficient (Wildman–Crippen LogP) is 3.60. The van der Waals surface area contributed by atoms with E-state index < -0.39 is 23.4 Å². The van der Waals surface area contributed by atoms with Crippen molar-refractivity contribution in [3.05, 3.63) is 21.9 Å². The van der Waals surface area contributed by atoms with E-state index in [-0.39, 0.29) is 0 Å². The average molecular weight is 279 g/mol. The highest BCUT2D eigenvalue weighted by molar-refractivity contribution is 7.08. The van der Waals surface area contributed by atoms with Gasteiger partial charge in [-0.1, -0.05) is 0 Å². The van der Waals surface area contributed by atoms with Crippen LogP contribution in [0.5, 0.6) is 0 Å². The molecule has 1 aliphatic rings. The molecule has 0 bridgehead atoms. The van der Waals surface area contributed by atoms with E-state index in [1.54, 1.807) is 19.5 Å². The van der Waals surface area contributed by atoms with Crippen LogP contribution in [0.15, 0.2) is 10.8 Å². The molecule has 1 atom stereocenters. The van der Waals surface area contributed by atoms with Crippen LogP contribution < -0.4 is 5.32 Å². The second kappa shape index (κ2) is 4.83. The molecule has 2 nitrogen and oxygen atoms in total. The molecule has 1 aromatic rings. The molecule has 0 spiro atoms. The van der Waals surface area contributed by atoms with Gasteiger partial charge in [0.2, 0.25) is 0 Å². The SMILES string of the molecule is CNC(c1cscc1C(F)(F)F)C1(OC)CCC1. The molecular formula is C12H16F3NOS. The number of halogens is 3. The lowest BCUT2D eigenvalue weighted by Crippen LogP contribution is -2.50. The van der Waals surface area contributed by atoms with Crippen LogP contribution in [0.3, 0.4) is 0 Å². The van der Waals surface area contributed by atoms with Crippen molar-refractivity contribution in [1.29, 1.82) is 0 Å². The fraction of sp³-hybridized carbons (Fsp3) is 0.667. The monoisotopic (exact) mass is 279 g/mol. The molecule has 0 aliphatic heterocycles. The second-order valence-electron chi connectivity index (χ2n) is 4.58. The number of hydrogen-bond donors (Lipinski definition) is 1. The van der Waals surface area contributed by atoms with Gasteiger partial charge in [-0.05, 0) is 37.3 Å². The number of ether oxygens (including phenoxy) is 1. The highest BCUT2D eigenvalue weighted by atomic mass is 32.1. The Morgan fingerprint density at radius 3 is 2.44 bits per heavy atom. The van der Waals surface area contributed by atoms with Gasteiger partial charge in [0.1, 0.15) is 0 Å². The zero-order valence-electron chi connectivity index (χ0n) is 10.3. The molecule has 6 heteroatoms. The minimum Gasteiger partial charge on any atom is -0.376 e. The average Bonchev–Trinajstić information content (AvgIpc) is 2.71. The third-order valence-corrected chi connectivity index (χ3v) is 4.49. The molecule has 1 aromatic heterocycles. The molecule has 1 aliphatic carbocycles. The first-order valence-corrected chi connectivity index (χ1v) is 6.74. The van der Waals surface area contributed by atoms with Gasteiger partial charge in [-0.25, -0.2) is 0 Å². The van der Waals surface area contributed by atoms with Crippen molar-refractivity contribution in [2.24, 2.45) is 0 Å². The Balaban J connectivity index is 2.37. The maximum Gasteiger partial charge on any atom is 0.417 e. The van der Waals surface area contributed by atoms with E-state index in [1.807, 2.05) is 0 Å². The third kappa shape index (κ3) is 2.17. The second-order valence-corrected chi connectivity index (χ2v) is 5.33. The summed E-state index contributed by atoms with van der Waals surface area (Å²) in [5.41, 5.74) is -0.734. The van der Waals surface area contributed by atoms with Gasteiger partial charge >= 0.3 is 6.18 Å². The summed E-state index contributed by atoms with van der Waals surface area (Å²) in [7, 11) is 3.25. The number of hydrogen-bond acceptors (Lipinski definition) is 3. The molecule has 2 rings (SSSR count). The standard InChI is InChI=1S/C12H16F3NOS/c1-16-10(11(17-2)4-3-5-11)8-6-18-7-9(8)12(13,14)15/h6-7,10,16H,3-5H2,1-2H3. The molecule has 0 aromatic carbocycles. The molecule has 0 amide bonds. The molecule has 1 unspecified atom stereocenters. The van der Waals surface area contributed by atoms with Gasteiger partial charge in [0, 0.05) is 12.5 Å². The Kier molecular flexibility index (Phi) is 3.71. The summed E-state index contributed by atoms with van der Waals surface area (Å²) >= 11 is 1.08. The smallest absolute Gasteiger partial charge is 0.376 e. The van der Waals surface area contributed by atoms with Crippen molar-refractivity contribution >= 4 is 11.3 Å². The van der Waals surface area contributed by atoms with Crippen molar-refractivity contribution in [2.45, 2.75) is 37.1 Å². The quantitative estimate of drug-likeness (QED) is 0.909. The van der Waals surface area contributed by atoms with Crippen LogP contribution in [-0.2, 0) is 10.9 Å². The summed E-state index contributed by atoms with van der Waals surface area (Å²) in [5, 5.41) is 5.73. The molecule has 1 heterocycles. The Morgan fingerprint density at radius 2 is 2.06 bits per heavy atom. The van der Waals surface area contributed by atoms with Gasteiger partial charge in [-0.15, -0.1) is 0 Å². The highest BCUT2D eigenvalue weighted by Crippen LogP contribution is 2.48. The molecule has 18 heavy (non-hydrogen) atoms. The summed E-state index contributed by atoms with van der Waals surface area (Å²) in [6.07, 6.45) is -1.72. The van der Waals surface area contributed by atoms with Crippen molar-refractivity contribution in [3.8, 4) is 0 Å². The predicted molar refractivity (Wildman–Crippen MR) is 64.7 cm³/mol. The van der Waals surface area contributed by atoms with Crippen LogP contribution in [0.4, 0.5) is 13.2 Å². The van der Waals surface area contributed by atoms with E-state index in [0.29, 0.717) is 5.56 Å². The fourth-order valence-corrected chi connectivity index (χ4v) is 3.48. The van der Waals surface area contributed by atoms with Crippen LogP contribution in [0, 0.1) is 0 Å². The van der Waals surface area contributed by atoms with E-state index in [1.165, 1.54) is 5.38 Å². The van der Waals surface area contributed by atoms with Gasteiger partial charge in [0.25, 0.3) is 0 Å². The van der Waals surface area contributed by atoms with Crippen molar-refractivity contribution in [2.75, 3.05) is 14.2 Å². The number of likely N-dealkylation sites (N-methyl/N-ethyl adjacent to an activating group) is 1. The van der Waals surface area contributed by atoms with Gasteiger partial charge in [0.05, 0.1) is 17.2 Å². The lowest BCUT2D eigenvalue weighted by atomic mass is 9.72. The summed E-state index contributed by atoms with van der Waals surface area (Å²) in [6.45, 7) is 0. The summed E-state index contributed by atoms with van der Waals surface area (Å²) < 4.78 is 44.3.